The van der Waals surface area contributed by atoms with Gasteiger partial charge in [0.2, 0.25) is 0 Å². The highest BCUT2D eigenvalue weighted by Crippen LogP contribution is 2.17. The number of terminal acetylenes is 1. The van der Waals surface area contributed by atoms with E-state index in [1.54, 1.807) is 0 Å². The molecule has 0 aliphatic heterocycles. The zero-order chi connectivity index (χ0) is 17.2. The molecule has 2 aromatic carbocycles. The first kappa shape index (κ1) is 17.6. The molecule has 0 saturated heterocycles. The fourth-order valence-electron chi connectivity index (χ4n) is 2.29. The molecule has 0 aliphatic rings. The van der Waals surface area contributed by atoms with Crippen molar-refractivity contribution in [1.82, 2.24) is 10.6 Å². The van der Waals surface area contributed by atoms with Crippen LogP contribution in [0.5, 0.6) is 5.75 Å². The molecule has 4 nitrogen and oxygen atoms in total. The molecule has 0 atom stereocenters. The minimum absolute atomic E-state index is 0.0448. The normalized spacial score (nSPS) is 10.0. The largest absolute Gasteiger partial charge is 0.481 e. The molecule has 1 amide bonds. The van der Waals surface area contributed by atoms with Crippen molar-refractivity contribution in [2.24, 2.45) is 0 Å². The van der Waals surface area contributed by atoms with Gasteiger partial charge in [-0.1, -0.05) is 36.3 Å². The van der Waals surface area contributed by atoms with Gasteiger partial charge in [-0.2, -0.15) is 0 Å². The van der Waals surface area contributed by atoms with Crippen LogP contribution in [-0.4, -0.2) is 19.1 Å². The maximum atomic E-state index is 11.7. The summed E-state index contributed by atoms with van der Waals surface area (Å²) in [6, 6.07) is 15.4. The lowest BCUT2D eigenvalue weighted by molar-refractivity contribution is 0.0956. The van der Waals surface area contributed by atoms with Gasteiger partial charge in [-0.25, -0.2) is 0 Å². The van der Waals surface area contributed by atoms with Crippen molar-refractivity contribution < 1.29 is 9.53 Å². The van der Waals surface area contributed by atoms with E-state index in [9.17, 15) is 4.79 Å². The predicted octanol–water partition coefficient (Wildman–Crippen LogP) is 2.74. The van der Waals surface area contributed by atoms with Gasteiger partial charge in [-0.05, 0) is 30.7 Å². The number of hydrogen-bond donors (Lipinski definition) is 2. The Morgan fingerprint density at radius 1 is 1.12 bits per heavy atom. The van der Waals surface area contributed by atoms with E-state index < -0.39 is 0 Å². The molecule has 0 aromatic heterocycles. The smallest absolute Gasteiger partial charge is 0.251 e. The lowest BCUT2D eigenvalue weighted by atomic mass is 10.1. The van der Waals surface area contributed by atoms with Gasteiger partial charge < -0.3 is 15.4 Å². The number of para-hydroxylation sites is 1. The van der Waals surface area contributed by atoms with Crippen LogP contribution in [0.3, 0.4) is 0 Å². The van der Waals surface area contributed by atoms with Crippen molar-refractivity contribution in [3.05, 3.63) is 65.2 Å². The number of benzene rings is 2. The van der Waals surface area contributed by atoms with Gasteiger partial charge in [0.15, 0.2) is 0 Å². The van der Waals surface area contributed by atoms with Crippen LogP contribution >= 0.6 is 0 Å². The van der Waals surface area contributed by atoms with Gasteiger partial charge in [0.25, 0.3) is 5.91 Å². The molecule has 2 N–H and O–H groups in total. The number of hydrogen-bond acceptors (Lipinski definition) is 3. The molecule has 24 heavy (non-hydrogen) atoms. The third-order valence-corrected chi connectivity index (χ3v) is 3.48. The van der Waals surface area contributed by atoms with Crippen molar-refractivity contribution in [2.75, 3.05) is 13.2 Å². The standard InChI is InChI=1S/C20H22N2O2/c1-3-13-24-19-8-6-5-7-18(19)15-21-14-16-9-11-17(12-10-16)20(23)22-4-2/h1,5-12,21H,4,13-15H2,2H3,(H,22,23). The molecule has 0 unspecified atom stereocenters. The van der Waals surface area contributed by atoms with Crippen LogP contribution in [0, 0.1) is 12.3 Å². The lowest BCUT2D eigenvalue weighted by Gasteiger charge is -2.11. The number of ether oxygens (including phenoxy) is 1. The molecule has 0 spiro atoms. The molecule has 0 saturated carbocycles. The number of amides is 1. The van der Waals surface area contributed by atoms with E-state index >= 15 is 0 Å². The molecule has 0 aliphatic carbocycles. The summed E-state index contributed by atoms with van der Waals surface area (Å²) in [5.41, 5.74) is 2.85. The molecular weight excluding hydrogens is 300 g/mol. The molecule has 2 aromatic rings. The first-order chi connectivity index (χ1) is 11.7. The van der Waals surface area contributed by atoms with Crippen molar-refractivity contribution in [2.45, 2.75) is 20.0 Å². The molecule has 4 heteroatoms. The fourth-order valence-corrected chi connectivity index (χ4v) is 2.29. The first-order valence-corrected chi connectivity index (χ1v) is 7.96. The van der Waals surface area contributed by atoms with Gasteiger partial charge in [0, 0.05) is 30.8 Å². The van der Waals surface area contributed by atoms with E-state index in [2.05, 4.69) is 16.6 Å². The van der Waals surface area contributed by atoms with Crippen LogP contribution in [0.1, 0.15) is 28.4 Å². The highest BCUT2D eigenvalue weighted by atomic mass is 16.5. The summed E-state index contributed by atoms with van der Waals surface area (Å²) in [6.07, 6.45) is 5.24. The molecule has 2 rings (SSSR count). The minimum Gasteiger partial charge on any atom is -0.481 e. The van der Waals surface area contributed by atoms with Gasteiger partial charge in [0.1, 0.15) is 12.4 Å². The summed E-state index contributed by atoms with van der Waals surface area (Å²) >= 11 is 0. The van der Waals surface area contributed by atoms with E-state index in [-0.39, 0.29) is 12.5 Å². The molecule has 0 bridgehead atoms. The summed E-state index contributed by atoms with van der Waals surface area (Å²) in [4.78, 5) is 11.7. The molecule has 0 fully saturated rings. The lowest BCUT2D eigenvalue weighted by Crippen LogP contribution is -2.22. The predicted molar refractivity (Wildman–Crippen MR) is 95.8 cm³/mol. The van der Waals surface area contributed by atoms with Gasteiger partial charge in [-0.15, -0.1) is 6.42 Å². The van der Waals surface area contributed by atoms with Crippen LogP contribution in [-0.2, 0) is 13.1 Å². The van der Waals surface area contributed by atoms with E-state index in [1.165, 1.54) is 0 Å². The van der Waals surface area contributed by atoms with Gasteiger partial charge in [-0.3, -0.25) is 4.79 Å². The average molecular weight is 322 g/mol. The number of rotatable bonds is 8. The van der Waals surface area contributed by atoms with Crippen LogP contribution in [0.15, 0.2) is 48.5 Å². The van der Waals surface area contributed by atoms with E-state index in [0.29, 0.717) is 25.2 Å². The van der Waals surface area contributed by atoms with Crippen molar-refractivity contribution in [3.63, 3.8) is 0 Å². The highest BCUT2D eigenvalue weighted by molar-refractivity contribution is 5.94. The topological polar surface area (TPSA) is 50.4 Å². The Balaban J connectivity index is 1.88. The summed E-state index contributed by atoms with van der Waals surface area (Å²) < 4.78 is 5.53. The Hall–Kier alpha value is -2.77. The third kappa shape index (κ3) is 5.15. The Morgan fingerprint density at radius 3 is 2.58 bits per heavy atom. The molecule has 124 valence electrons. The molecular formula is C20H22N2O2. The second-order valence-corrected chi connectivity index (χ2v) is 5.26. The van der Waals surface area contributed by atoms with Crippen molar-refractivity contribution >= 4 is 5.91 Å². The summed E-state index contributed by atoms with van der Waals surface area (Å²) in [6.45, 7) is 4.18. The third-order valence-electron chi connectivity index (χ3n) is 3.48. The summed E-state index contributed by atoms with van der Waals surface area (Å²) in [5, 5.41) is 6.16. The Bertz CT molecular complexity index is 702. The first-order valence-electron chi connectivity index (χ1n) is 7.96. The van der Waals surface area contributed by atoms with Gasteiger partial charge in [0.05, 0.1) is 0 Å². The van der Waals surface area contributed by atoms with Crippen LogP contribution < -0.4 is 15.4 Å². The SMILES string of the molecule is C#CCOc1ccccc1CNCc1ccc(C(=O)NCC)cc1. The minimum atomic E-state index is -0.0448. The van der Waals surface area contributed by atoms with E-state index in [4.69, 9.17) is 11.2 Å². The Labute approximate surface area is 143 Å². The van der Waals surface area contributed by atoms with E-state index in [0.717, 1.165) is 16.9 Å². The van der Waals surface area contributed by atoms with Crippen molar-refractivity contribution in [3.8, 4) is 18.1 Å². The fraction of sp³-hybridized carbons (Fsp3) is 0.250. The zero-order valence-electron chi connectivity index (χ0n) is 13.8. The number of carbonyl (C=O) groups is 1. The Kier molecular flexibility index (Phi) is 6.88. The monoisotopic (exact) mass is 322 g/mol. The number of nitrogens with one attached hydrogen (secondary N) is 2. The Morgan fingerprint density at radius 2 is 1.88 bits per heavy atom. The maximum Gasteiger partial charge on any atom is 0.251 e. The highest BCUT2D eigenvalue weighted by Gasteiger charge is 2.04. The second kappa shape index (κ2) is 9.39. The second-order valence-electron chi connectivity index (χ2n) is 5.26. The van der Waals surface area contributed by atoms with Gasteiger partial charge >= 0.3 is 0 Å². The summed E-state index contributed by atoms with van der Waals surface area (Å²) in [5.74, 6) is 3.23. The summed E-state index contributed by atoms with van der Waals surface area (Å²) in [7, 11) is 0. The molecule has 0 radical (unpaired) electrons. The molecule has 0 heterocycles. The quantitative estimate of drug-likeness (QED) is 0.735. The van der Waals surface area contributed by atoms with Crippen LogP contribution in [0.2, 0.25) is 0 Å². The maximum absolute atomic E-state index is 11.7. The zero-order valence-corrected chi connectivity index (χ0v) is 13.8. The number of carbonyl (C=O) groups excluding carboxylic acids is 1. The van der Waals surface area contributed by atoms with Crippen LogP contribution in [0.25, 0.3) is 0 Å². The van der Waals surface area contributed by atoms with Crippen molar-refractivity contribution in [1.29, 1.82) is 0 Å². The van der Waals surface area contributed by atoms with Crippen LogP contribution in [0.4, 0.5) is 0 Å². The average Bonchev–Trinajstić information content (AvgIpc) is 2.61. The van der Waals surface area contributed by atoms with E-state index in [1.807, 2.05) is 55.5 Å².